The zero-order valence-electron chi connectivity index (χ0n) is 9.12. The lowest BCUT2D eigenvalue weighted by Crippen LogP contribution is -2.29. The Bertz CT molecular complexity index is 395. The van der Waals surface area contributed by atoms with Crippen LogP contribution < -0.4 is 16.8 Å². The predicted octanol–water partition coefficient (Wildman–Crippen LogP) is 0.182. The molecule has 5 N–H and O–H groups in total. The minimum absolute atomic E-state index is 0.123. The molecule has 1 rings (SSSR count). The summed E-state index contributed by atoms with van der Waals surface area (Å²) >= 11 is 0. The van der Waals surface area contributed by atoms with Crippen molar-refractivity contribution in [1.82, 2.24) is 5.32 Å². The van der Waals surface area contributed by atoms with E-state index in [4.69, 9.17) is 11.5 Å². The number of rotatable bonds is 4. The average Bonchev–Trinajstić information content (AvgIpc) is 2.16. The number of nitrogens with one attached hydrogen (secondary N) is 1. The summed E-state index contributed by atoms with van der Waals surface area (Å²) < 4.78 is 0. The lowest BCUT2D eigenvalue weighted by molar-refractivity contribution is -0.117. The first-order valence-corrected chi connectivity index (χ1v) is 4.94. The van der Waals surface area contributed by atoms with Crippen molar-refractivity contribution in [3.8, 4) is 0 Å². The van der Waals surface area contributed by atoms with Gasteiger partial charge in [-0.25, -0.2) is 0 Å². The molecule has 5 heteroatoms. The van der Waals surface area contributed by atoms with Crippen LogP contribution in [0.15, 0.2) is 18.2 Å². The second-order valence-corrected chi connectivity index (χ2v) is 3.51. The van der Waals surface area contributed by atoms with E-state index in [1.807, 2.05) is 0 Å². The molecule has 86 valence electrons. The Morgan fingerprint density at radius 2 is 2.06 bits per heavy atom. The van der Waals surface area contributed by atoms with E-state index in [1.54, 1.807) is 25.1 Å². The molecule has 0 saturated carbocycles. The number of carbonyl (C=O) groups is 2. The average molecular weight is 221 g/mol. The van der Waals surface area contributed by atoms with Crippen LogP contribution in [0.2, 0.25) is 0 Å². The number of carbonyl (C=O) groups excluding carboxylic acids is 2. The van der Waals surface area contributed by atoms with E-state index >= 15 is 0 Å². The van der Waals surface area contributed by atoms with Gasteiger partial charge in [0.1, 0.15) is 0 Å². The number of hydrogen-bond acceptors (Lipinski definition) is 3. The van der Waals surface area contributed by atoms with Gasteiger partial charge < -0.3 is 16.8 Å². The van der Waals surface area contributed by atoms with Crippen LogP contribution in [0.4, 0.5) is 5.69 Å². The van der Waals surface area contributed by atoms with Crippen LogP contribution in [-0.4, -0.2) is 18.4 Å². The first-order chi connectivity index (χ1) is 7.52. The molecule has 1 aromatic rings. The Balaban J connectivity index is 2.70. The van der Waals surface area contributed by atoms with Crippen molar-refractivity contribution in [1.29, 1.82) is 0 Å². The van der Waals surface area contributed by atoms with Crippen LogP contribution in [0.1, 0.15) is 22.3 Å². The van der Waals surface area contributed by atoms with Gasteiger partial charge in [0.15, 0.2) is 0 Å². The highest BCUT2D eigenvalue weighted by Gasteiger charge is 2.11. The third-order valence-corrected chi connectivity index (χ3v) is 2.19. The van der Waals surface area contributed by atoms with Gasteiger partial charge in [0, 0.05) is 18.7 Å². The lowest BCUT2D eigenvalue weighted by Gasteiger charge is -2.09. The SMILES string of the molecule is Cc1cccc(N)c1C(=O)NCCC(N)=O. The standard InChI is InChI=1S/C11H15N3O2/c1-7-3-2-4-8(12)10(7)11(16)14-6-5-9(13)15/h2-4H,5-6,12H2,1H3,(H2,13,15)(H,14,16). The third-order valence-electron chi connectivity index (χ3n) is 2.19. The van der Waals surface area contributed by atoms with Crippen LogP contribution >= 0.6 is 0 Å². The fourth-order valence-electron chi connectivity index (χ4n) is 1.39. The normalized spacial score (nSPS) is 9.81. The number of anilines is 1. The number of benzene rings is 1. The highest BCUT2D eigenvalue weighted by Crippen LogP contribution is 2.15. The summed E-state index contributed by atoms with van der Waals surface area (Å²) in [6.45, 7) is 2.03. The fourth-order valence-corrected chi connectivity index (χ4v) is 1.39. The first kappa shape index (κ1) is 12.0. The second-order valence-electron chi connectivity index (χ2n) is 3.51. The molecular formula is C11H15N3O2. The molecule has 2 amide bonds. The largest absolute Gasteiger partial charge is 0.398 e. The molecule has 0 atom stereocenters. The van der Waals surface area contributed by atoms with Gasteiger partial charge in [-0.05, 0) is 18.6 Å². The van der Waals surface area contributed by atoms with E-state index in [9.17, 15) is 9.59 Å². The molecule has 0 saturated heterocycles. The van der Waals surface area contributed by atoms with E-state index in [-0.39, 0.29) is 18.9 Å². The minimum Gasteiger partial charge on any atom is -0.398 e. The van der Waals surface area contributed by atoms with Gasteiger partial charge in [-0.15, -0.1) is 0 Å². The second kappa shape index (κ2) is 5.16. The molecule has 0 aliphatic rings. The van der Waals surface area contributed by atoms with Gasteiger partial charge >= 0.3 is 0 Å². The molecule has 0 unspecified atom stereocenters. The van der Waals surface area contributed by atoms with Crippen LogP contribution in [0.5, 0.6) is 0 Å². The van der Waals surface area contributed by atoms with Gasteiger partial charge in [-0.1, -0.05) is 12.1 Å². The Hall–Kier alpha value is -2.04. The van der Waals surface area contributed by atoms with Crippen molar-refractivity contribution in [2.24, 2.45) is 5.73 Å². The maximum atomic E-state index is 11.7. The fraction of sp³-hybridized carbons (Fsp3) is 0.273. The Morgan fingerprint density at radius 1 is 1.38 bits per heavy atom. The molecule has 0 aliphatic heterocycles. The molecule has 0 spiro atoms. The predicted molar refractivity (Wildman–Crippen MR) is 61.7 cm³/mol. The van der Waals surface area contributed by atoms with E-state index in [0.717, 1.165) is 5.56 Å². The zero-order chi connectivity index (χ0) is 12.1. The molecule has 1 aromatic carbocycles. The van der Waals surface area contributed by atoms with Crippen molar-refractivity contribution in [2.45, 2.75) is 13.3 Å². The quantitative estimate of drug-likeness (QED) is 0.632. The minimum atomic E-state index is -0.446. The summed E-state index contributed by atoms with van der Waals surface area (Å²) in [4.78, 5) is 22.2. The smallest absolute Gasteiger partial charge is 0.253 e. The summed E-state index contributed by atoms with van der Waals surface area (Å²) in [6.07, 6.45) is 0.123. The molecule has 0 aliphatic carbocycles. The molecule has 0 aromatic heterocycles. The number of nitrogens with two attached hydrogens (primary N) is 2. The first-order valence-electron chi connectivity index (χ1n) is 4.94. The number of aryl methyl sites for hydroxylation is 1. The summed E-state index contributed by atoms with van der Waals surface area (Å²) in [6, 6.07) is 5.25. The van der Waals surface area contributed by atoms with Gasteiger partial charge in [-0.3, -0.25) is 9.59 Å². The van der Waals surface area contributed by atoms with Gasteiger partial charge in [0.2, 0.25) is 5.91 Å². The Labute approximate surface area is 93.8 Å². The number of nitrogen functional groups attached to an aromatic ring is 1. The molecule has 0 heterocycles. The van der Waals surface area contributed by atoms with Crippen molar-refractivity contribution in [3.63, 3.8) is 0 Å². The number of amides is 2. The maximum Gasteiger partial charge on any atom is 0.253 e. The van der Waals surface area contributed by atoms with Gasteiger partial charge in [0.05, 0.1) is 5.56 Å². The monoisotopic (exact) mass is 221 g/mol. The zero-order valence-corrected chi connectivity index (χ0v) is 9.12. The van der Waals surface area contributed by atoms with Gasteiger partial charge in [-0.2, -0.15) is 0 Å². The van der Waals surface area contributed by atoms with Crippen LogP contribution in [-0.2, 0) is 4.79 Å². The van der Waals surface area contributed by atoms with E-state index in [2.05, 4.69) is 5.32 Å². The van der Waals surface area contributed by atoms with E-state index in [1.165, 1.54) is 0 Å². The highest BCUT2D eigenvalue weighted by atomic mass is 16.2. The topological polar surface area (TPSA) is 98.2 Å². The van der Waals surface area contributed by atoms with E-state index in [0.29, 0.717) is 11.3 Å². The number of primary amides is 1. The Kier molecular flexibility index (Phi) is 3.88. The van der Waals surface area contributed by atoms with Gasteiger partial charge in [0.25, 0.3) is 5.91 Å². The molecule has 0 fully saturated rings. The summed E-state index contributed by atoms with van der Waals surface area (Å²) in [5.41, 5.74) is 12.3. The molecule has 0 bridgehead atoms. The van der Waals surface area contributed by atoms with Crippen LogP contribution in [0.25, 0.3) is 0 Å². The van der Waals surface area contributed by atoms with Crippen LogP contribution in [0.3, 0.4) is 0 Å². The van der Waals surface area contributed by atoms with Crippen molar-refractivity contribution < 1.29 is 9.59 Å². The summed E-state index contributed by atoms with van der Waals surface area (Å²) in [7, 11) is 0. The maximum absolute atomic E-state index is 11.7. The van der Waals surface area contributed by atoms with E-state index < -0.39 is 5.91 Å². The van der Waals surface area contributed by atoms with Crippen LogP contribution in [0, 0.1) is 6.92 Å². The van der Waals surface area contributed by atoms with Crippen molar-refractivity contribution >= 4 is 17.5 Å². The molecule has 16 heavy (non-hydrogen) atoms. The summed E-state index contributed by atoms with van der Waals surface area (Å²) in [5, 5.41) is 2.59. The van der Waals surface area contributed by atoms with Crippen molar-refractivity contribution in [3.05, 3.63) is 29.3 Å². The number of hydrogen-bond donors (Lipinski definition) is 3. The molecule has 0 radical (unpaired) electrons. The lowest BCUT2D eigenvalue weighted by atomic mass is 10.1. The third kappa shape index (κ3) is 2.98. The Morgan fingerprint density at radius 3 is 2.62 bits per heavy atom. The highest BCUT2D eigenvalue weighted by molar-refractivity contribution is 6.00. The molecular weight excluding hydrogens is 206 g/mol. The summed E-state index contributed by atoms with van der Waals surface area (Å²) in [5.74, 6) is -0.727. The molecule has 5 nitrogen and oxygen atoms in total. The van der Waals surface area contributed by atoms with Crippen molar-refractivity contribution in [2.75, 3.05) is 12.3 Å².